The predicted octanol–water partition coefficient (Wildman–Crippen LogP) is 1.83. The van der Waals surface area contributed by atoms with E-state index in [2.05, 4.69) is 5.32 Å². The van der Waals surface area contributed by atoms with E-state index < -0.39 is 0 Å². The molecule has 4 nitrogen and oxygen atoms in total. The van der Waals surface area contributed by atoms with Gasteiger partial charge in [0.15, 0.2) is 0 Å². The first kappa shape index (κ1) is 16.4. The van der Waals surface area contributed by atoms with E-state index in [1.165, 1.54) is 0 Å². The third-order valence-electron chi connectivity index (χ3n) is 2.41. The quantitative estimate of drug-likeness (QED) is 0.576. The van der Waals surface area contributed by atoms with Gasteiger partial charge < -0.3 is 15.8 Å². The third kappa shape index (κ3) is 13.3. The third-order valence-corrected chi connectivity index (χ3v) is 2.41. The first-order chi connectivity index (χ1) is 8.02. The maximum Gasteiger partial charge on any atom is 0.219 e. The molecule has 1 unspecified atom stereocenters. The van der Waals surface area contributed by atoms with Crippen LogP contribution in [-0.4, -0.2) is 31.2 Å². The first-order valence-corrected chi connectivity index (χ1v) is 6.66. The number of hydrogen-bond donors (Lipinski definition) is 2. The molecule has 0 rings (SSSR count). The van der Waals surface area contributed by atoms with Gasteiger partial charge in [0.1, 0.15) is 0 Å². The molecular formula is C13H28N2O2. The van der Waals surface area contributed by atoms with Gasteiger partial charge in [-0.3, -0.25) is 4.79 Å². The molecule has 0 aliphatic carbocycles. The zero-order valence-electron chi connectivity index (χ0n) is 11.5. The summed E-state index contributed by atoms with van der Waals surface area (Å²) in [6, 6.07) is 0.191. The molecule has 1 atom stereocenters. The van der Waals surface area contributed by atoms with Crippen LogP contribution >= 0.6 is 0 Å². The minimum Gasteiger partial charge on any atom is -0.379 e. The summed E-state index contributed by atoms with van der Waals surface area (Å²) in [7, 11) is 0. The van der Waals surface area contributed by atoms with Gasteiger partial charge in [0.25, 0.3) is 0 Å². The molecule has 0 spiro atoms. The van der Waals surface area contributed by atoms with Crippen molar-refractivity contribution in [3.63, 3.8) is 0 Å². The smallest absolute Gasteiger partial charge is 0.219 e. The van der Waals surface area contributed by atoms with Crippen LogP contribution in [0, 0.1) is 0 Å². The van der Waals surface area contributed by atoms with Crippen LogP contribution in [-0.2, 0) is 9.53 Å². The Bertz CT molecular complexity index is 194. The normalized spacial score (nSPS) is 12.8. The molecule has 0 radical (unpaired) electrons. The van der Waals surface area contributed by atoms with Gasteiger partial charge in [-0.05, 0) is 46.5 Å². The second-order valence-corrected chi connectivity index (χ2v) is 4.85. The number of unbranched alkanes of at least 4 members (excludes halogenated alkanes) is 1. The predicted molar refractivity (Wildman–Crippen MR) is 70.8 cm³/mol. The van der Waals surface area contributed by atoms with Crippen molar-refractivity contribution < 1.29 is 9.53 Å². The van der Waals surface area contributed by atoms with Gasteiger partial charge in [0.05, 0.1) is 6.10 Å². The van der Waals surface area contributed by atoms with E-state index in [4.69, 9.17) is 10.5 Å². The molecule has 0 aromatic heterocycles. The van der Waals surface area contributed by atoms with Crippen molar-refractivity contribution >= 4 is 5.91 Å². The Morgan fingerprint density at radius 2 is 1.94 bits per heavy atom. The fraction of sp³-hybridized carbons (Fsp3) is 0.923. The van der Waals surface area contributed by atoms with Crippen molar-refractivity contribution in [1.82, 2.24) is 5.32 Å². The van der Waals surface area contributed by atoms with Crippen molar-refractivity contribution in [3.05, 3.63) is 0 Å². The van der Waals surface area contributed by atoms with Gasteiger partial charge in [0.2, 0.25) is 5.91 Å². The summed E-state index contributed by atoms with van der Waals surface area (Å²) < 4.78 is 5.41. The topological polar surface area (TPSA) is 64.4 Å². The Kier molecular flexibility index (Phi) is 10.2. The van der Waals surface area contributed by atoms with Gasteiger partial charge in [-0.2, -0.15) is 0 Å². The Labute approximate surface area is 105 Å². The molecule has 17 heavy (non-hydrogen) atoms. The zero-order chi connectivity index (χ0) is 13.1. The standard InChI is InChI=1S/C13H28N2O2/c1-11(2)17-10-5-4-9-15-13(16)8-6-7-12(3)14/h11-12H,4-10,14H2,1-3H3,(H,15,16). The van der Waals surface area contributed by atoms with Gasteiger partial charge >= 0.3 is 0 Å². The molecule has 0 aliphatic rings. The maximum atomic E-state index is 11.4. The van der Waals surface area contributed by atoms with Gasteiger partial charge in [-0.1, -0.05) is 0 Å². The summed E-state index contributed by atoms with van der Waals surface area (Å²) in [6.45, 7) is 7.55. The number of nitrogens with two attached hydrogens (primary N) is 1. The highest BCUT2D eigenvalue weighted by molar-refractivity contribution is 5.75. The average Bonchev–Trinajstić information content (AvgIpc) is 2.22. The minimum atomic E-state index is 0.135. The molecular weight excluding hydrogens is 216 g/mol. The summed E-state index contributed by atoms with van der Waals surface area (Å²) in [4.78, 5) is 11.4. The lowest BCUT2D eigenvalue weighted by Gasteiger charge is -2.08. The van der Waals surface area contributed by atoms with Crippen molar-refractivity contribution in [1.29, 1.82) is 0 Å². The highest BCUT2D eigenvalue weighted by atomic mass is 16.5. The lowest BCUT2D eigenvalue weighted by atomic mass is 10.1. The van der Waals surface area contributed by atoms with Crippen LogP contribution in [0.3, 0.4) is 0 Å². The molecule has 0 aromatic carbocycles. The number of nitrogens with one attached hydrogen (secondary N) is 1. The molecule has 0 fully saturated rings. The van der Waals surface area contributed by atoms with E-state index >= 15 is 0 Å². The van der Waals surface area contributed by atoms with Crippen LogP contribution in [0.5, 0.6) is 0 Å². The molecule has 0 bridgehead atoms. The van der Waals surface area contributed by atoms with E-state index in [0.717, 1.165) is 38.8 Å². The Morgan fingerprint density at radius 3 is 2.53 bits per heavy atom. The lowest BCUT2D eigenvalue weighted by Crippen LogP contribution is -2.25. The fourth-order valence-corrected chi connectivity index (χ4v) is 1.45. The fourth-order valence-electron chi connectivity index (χ4n) is 1.45. The van der Waals surface area contributed by atoms with Crippen LogP contribution in [0.15, 0.2) is 0 Å². The summed E-state index contributed by atoms with van der Waals surface area (Å²) in [5.74, 6) is 0.135. The summed E-state index contributed by atoms with van der Waals surface area (Å²) in [5, 5.41) is 2.91. The van der Waals surface area contributed by atoms with Gasteiger partial charge in [0, 0.05) is 25.6 Å². The summed E-state index contributed by atoms with van der Waals surface area (Å²) >= 11 is 0. The van der Waals surface area contributed by atoms with Crippen LogP contribution in [0.1, 0.15) is 52.9 Å². The first-order valence-electron chi connectivity index (χ1n) is 6.66. The molecule has 0 aromatic rings. The van der Waals surface area contributed by atoms with E-state index in [1.54, 1.807) is 0 Å². The second-order valence-electron chi connectivity index (χ2n) is 4.85. The summed E-state index contributed by atoms with van der Waals surface area (Å²) in [6.07, 6.45) is 4.65. The molecule has 4 heteroatoms. The Hall–Kier alpha value is -0.610. The second kappa shape index (κ2) is 10.5. The van der Waals surface area contributed by atoms with Crippen LogP contribution in [0.25, 0.3) is 0 Å². The van der Waals surface area contributed by atoms with Crippen LogP contribution in [0.4, 0.5) is 0 Å². The number of amides is 1. The maximum absolute atomic E-state index is 11.4. The number of ether oxygens (including phenoxy) is 1. The molecule has 0 saturated carbocycles. The molecule has 102 valence electrons. The molecule has 1 amide bonds. The van der Waals surface area contributed by atoms with Crippen LogP contribution in [0.2, 0.25) is 0 Å². The largest absolute Gasteiger partial charge is 0.379 e. The Morgan fingerprint density at radius 1 is 1.24 bits per heavy atom. The SMILES string of the molecule is CC(N)CCCC(=O)NCCCCOC(C)C. The van der Waals surface area contributed by atoms with E-state index in [0.29, 0.717) is 12.5 Å². The van der Waals surface area contributed by atoms with E-state index in [1.807, 2.05) is 20.8 Å². The number of hydrogen-bond acceptors (Lipinski definition) is 3. The zero-order valence-corrected chi connectivity index (χ0v) is 11.5. The minimum absolute atomic E-state index is 0.135. The van der Waals surface area contributed by atoms with Crippen molar-refractivity contribution in [2.75, 3.05) is 13.2 Å². The highest BCUT2D eigenvalue weighted by Crippen LogP contribution is 1.98. The highest BCUT2D eigenvalue weighted by Gasteiger charge is 2.01. The van der Waals surface area contributed by atoms with E-state index in [-0.39, 0.29) is 11.9 Å². The van der Waals surface area contributed by atoms with Gasteiger partial charge in [-0.15, -0.1) is 0 Å². The summed E-state index contributed by atoms with van der Waals surface area (Å²) in [5.41, 5.74) is 5.61. The van der Waals surface area contributed by atoms with Crippen molar-refractivity contribution in [3.8, 4) is 0 Å². The molecule has 3 N–H and O–H groups in total. The molecule has 0 heterocycles. The van der Waals surface area contributed by atoms with Crippen LogP contribution < -0.4 is 11.1 Å². The lowest BCUT2D eigenvalue weighted by molar-refractivity contribution is -0.121. The Balaban J connectivity index is 3.22. The number of carbonyl (C=O) groups is 1. The van der Waals surface area contributed by atoms with E-state index in [9.17, 15) is 4.79 Å². The van der Waals surface area contributed by atoms with Crippen molar-refractivity contribution in [2.45, 2.75) is 65.0 Å². The van der Waals surface area contributed by atoms with Crippen molar-refractivity contribution in [2.24, 2.45) is 5.73 Å². The average molecular weight is 244 g/mol. The number of rotatable bonds is 10. The molecule has 0 saturated heterocycles. The molecule has 0 aliphatic heterocycles. The van der Waals surface area contributed by atoms with Gasteiger partial charge in [-0.25, -0.2) is 0 Å². The monoisotopic (exact) mass is 244 g/mol. The number of carbonyl (C=O) groups excluding carboxylic acids is 1.